The Hall–Kier alpha value is -1.46. The van der Waals surface area contributed by atoms with Gasteiger partial charge in [0.2, 0.25) is 0 Å². The topological polar surface area (TPSA) is 145 Å². The van der Waals surface area contributed by atoms with Crippen LogP contribution in [-0.4, -0.2) is 45.3 Å². The smallest absolute Gasteiger partial charge is 0.312 e. The standard InChI is InChI=1S/C10H18ClNO4S.C7H8O3S/c1-10(2,3)16-9(13)6-7(12)5-8(11)17(4,14)15;1-6-2-4-7(5-3-6)11(8,9)10/h5,7H,6,12H2,1-4H3;2-5H,1H3,(H,8,9,10)/b8-5+;/t7-;/m1./s1. The Kier molecular flexibility index (Phi) is 9.81. The van der Waals surface area contributed by atoms with Crippen LogP contribution in [0.3, 0.4) is 0 Å². The number of sulfone groups is 1. The molecule has 28 heavy (non-hydrogen) atoms. The maximum Gasteiger partial charge on any atom is 0.312 e. The number of benzene rings is 1. The summed E-state index contributed by atoms with van der Waals surface area (Å²) in [7, 11) is -7.70. The summed E-state index contributed by atoms with van der Waals surface area (Å²) >= 11 is 5.55. The lowest BCUT2D eigenvalue weighted by Gasteiger charge is -2.19. The van der Waals surface area contributed by atoms with Gasteiger partial charge < -0.3 is 15.0 Å². The molecule has 0 amide bonds. The van der Waals surface area contributed by atoms with E-state index in [2.05, 4.69) is 5.73 Å². The van der Waals surface area contributed by atoms with Crippen molar-refractivity contribution in [1.82, 2.24) is 0 Å². The third kappa shape index (κ3) is 12.1. The van der Waals surface area contributed by atoms with Crippen molar-refractivity contribution < 1.29 is 36.7 Å². The van der Waals surface area contributed by atoms with Gasteiger partial charge >= 0.3 is 5.97 Å². The van der Waals surface area contributed by atoms with E-state index in [1.807, 2.05) is 6.92 Å². The van der Waals surface area contributed by atoms with Crippen molar-refractivity contribution in [2.24, 2.45) is 0 Å². The molecule has 0 unspecified atom stereocenters. The number of carbonyl (C=O) groups is 1. The van der Waals surface area contributed by atoms with E-state index in [4.69, 9.17) is 16.3 Å². The molecule has 160 valence electrons. The van der Waals surface area contributed by atoms with Crippen LogP contribution < -0.4 is 5.73 Å². The average Bonchev–Trinajstić information content (AvgIpc) is 2.43. The number of quaternary nitrogens is 1. The molecule has 0 spiro atoms. The molecule has 0 fully saturated rings. The summed E-state index contributed by atoms with van der Waals surface area (Å²) in [4.78, 5) is 11.2. The maximum absolute atomic E-state index is 11.4. The highest BCUT2D eigenvalue weighted by Gasteiger charge is 2.20. The van der Waals surface area contributed by atoms with Gasteiger partial charge in [0.05, 0.1) is 4.90 Å². The third-order valence-electron chi connectivity index (χ3n) is 2.88. The maximum atomic E-state index is 11.4. The van der Waals surface area contributed by atoms with Crippen LogP contribution in [0, 0.1) is 6.92 Å². The second-order valence-corrected chi connectivity index (χ2v) is 11.1. The zero-order valence-electron chi connectivity index (χ0n) is 16.4. The fourth-order valence-corrected chi connectivity index (χ4v) is 2.76. The Labute approximate surface area is 171 Å². The highest BCUT2D eigenvalue weighted by Crippen LogP contribution is 2.13. The lowest BCUT2D eigenvalue weighted by molar-refractivity contribution is -0.402. The van der Waals surface area contributed by atoms with E-state index in [0.29, 0.717) is 0 Å². The first-order valence-corrected chi connectivity index (χ1v) is 11.7. The fourth-order valence-electron chi connectivity index (χ4n) is 1.67. The SMILES string of the molecule is CC(C)(C)OC(=O)C[C@H]([NH3+])/C=C(\Cl)S(C)(=O)=O.Cc1ccc(S(=O)(=O)[O-])cc1. The monoisotopic (exact) mass is 455 g/mol. The number of ether oxygens (including phenoxy) is 1. The summed E-state index contributed by atoms with van der Waals surface area (Å²) in [5.74, 6) is -0.438. The molecule has 0 saturated heterocycles. The molecule has 0 aliphatic rings. The molecular formula is C17H26ClNO7S2. The molecule has 0 saturated carbocycles. The number of hydrogen-bond acceptors (Lipinski definition) is 7. The first-order chi connectivity index (χ1) is 12.4. The summed E-state index contributed by atoms with van der Waals surface area (Å²) in [6.45, 7) is 7.08. The predicted molar refractivity (Wildman–Crippen MR) is 105 cm³/mol. The minimum absolute atomic E-state index is 0.0109. The van der Waals surface area contributed by atoms with E-state index in [0.717, 1.165) is 11.8 Å². The van der Waals surface area contributed by atoms with Crippen LogP contribution in [0.5, 0.6) is 0 Å². The molecule has 0 aromatic heterocycles. The number of carbonyl (C=O) groups excluding carboxylic acids is 1. The molecule has 8 nitrogen and oxygen atoms in total. The molecule has 0 bridgehead atoms. The normalized spacial score (nSPS) is 13.9. The molecular weight excluding hydrogens is 430 g/mol. The van der Waals surface area contributed by atoms with Gasteiger partial charge in [-0.05, 0) is 39.8 Å². The van der Waals surface area contributed by atoms with Gasteiger partial charge in [0.25, 0.3) is 0 Å². The van der Waals surface area contributed by atoms with Gasteiger partial charge in [-0.3, -0.25) is 4.79 Å². The summed E-state index contributed by atoms with van der Waals surface area (Å²) < 4.78 is 58.0. The third-order valence-corrected chi connectivity index (χ3v) is 5.54. The molecule has 1 rings (SSSR count). The Morgan fingerprint density at radius 1 is 1.21 bits per heavy atom. The Bertz CT molecular complexity index is 900. The van der Waals surface area contributed by atoms with Gasteiger partial charge in [-0.1, -0.05) is 29.3 Å². The molecule has 11 heteroatoms. The van der Waals surface area contributed by atoms with Crippen LogP contribution in [-0.2, 0) is 29.5 Å². The van der Waals surface area contributed by atoms with Crippen molar-refractivity contribution in [3.8, 4) is 0 Å². The van der Waals surface area contributed by atoms with Crippen LogP contribution in [0.2, 0.25) is 0 Å². The van der Waals surface area contributed by atoms with Gasteiger partial charge in [0.1, 0.15) is 32.5 Å². The fraction of sp³-hybridized carbons (Fsp3) is 0.471. The van der Waals surface area contributed by atoms with Crippen LogP contribution in [0.25, 0.3) is 0 Å². The zero-order chi connectivity index (χ0) is 22.3. The van der Waals surface area contributed by atoms with Crippen LogP contribution in [0.4, 0.5) is 0 Å². The van der Waals surface area contributed by atoms with Gasteiger partial charge in [-0.2, -0.15) is 0 Å². The van der Waals surface area contributed by atoms with Crippen LogP contribution in [0.15, 0.2) is 39.6 Å². The van der Waals surface area contributed by atoms with E-state index < -0.39 is 37.6 Å². The van der Waals surface area contributed by atoms with E-state index >= 15 is 0 Å². The number of rotatable bonds is 5. The number of esters is 1. The number of hydrogen-bond donors (Lipinski definition) is 1. The zero-order valence-corrected chi connectivity index (χ0v) is 18.8. The Morgan fingerprint density at radius 2 is 1.68 bits per heavy atom. The van der Waals surface area contributed by atoms with Crippen molar-refractivity contribution in [3.63, 3.8) is 0 Å². The summed E-state index contributed by atoms with van der Waals surface area (Å²) in [5, 5.41) is 0. The van der Waals surface area contributed by atoms with Gasteiger partial charge in [-0.25, -0.2) is 16.8 Å². The lowest BCUT2D eigenvalue weighted by Crippen LogP contribution is -2.60. The van der Waals surface area contributed by atoms with Crippen molar-refractivity contribution in [2.45, 2.75) is 50.7 Å². The van der Waals surface area contributed by atoms with Crippen molar-refractivity contribution in [3.05, 3.63) is 40.3 Å². The highest BCUT2D eigenvalue weighted by molar-refractivity contribution is 7.96. The average molecular weight is 456 g/mol. The lowest BCUT2D eigenvalue weighted by atomic mass is 10.2. The van der Waals surface area contributed by atoms with E-state index in [-0.39, 0.29) is 15.7 Å². The van der Waals surface area contributed by atoms with Crippen molar-refractivity contribution in [2.75, 3.05) is 6.26 Å². The van der Waals surface area contributed by atoms with Crippen molar-refractivity contribution >= 4 is 37.5 Å². The molecule has 0 aliphatic heterocycles. The van der Waals surface area contributed by atoms with Crippen LogP contribution >= 0.6 is 11.6 Å². The minimum atomic E-state index is -4.27. The quantitative estimate of drug-likeness (QED) is 0.520. The summed E-state index contributed by atoms with van der Waals surface area (Å²) in [6.07, 6.45) is 2.22. The highest BCUT2D eigenvalue weighted by atomic mass is 35.5. The van der Waals surface area contributed by atoms with Crippen molar-refractivity contribution in [1.29, 1.82) is 0 Å². The minimum Gasteiger partial charge on any atom is -0.744 e. The summed E-state index contributed by atoms with van der Waals surface area (Å²) in [6, 6.07) is 5.25. The number of halogens is 1. The molecule has 1 aromatic rings. The second-order valence-electron chi connectivity index (χ2n) is 7.06. The molecule has 1 aromatic carbocycles. The largest absolute Gasteiger partial charge is 0.744 e. The van der Waals surface area contributed by atoms with Gasteiger partial charge in [0, 0.05) is 12.3 Å². The molecule has 3 N–H and O–H groups in total. The summed E-state index contributed by atoms with van der Waals surface area (Å²) in [5.41, 5.74) is 4.00. The first-order valence-electron chi connectivity index (χ1n) is 8.06. The van der Waals surface area contributed by atoms with Gasteiger partial charge in [0.15, 0.2) is 9.84 Å². The van der Waals surface area contributed by atoms with E-state index in [1.165, 1.54) is 18.2 Å². The van der Waals surface area contributed by atoms with E-state index in [1.54, 1.807) is 32.9 Å². The number of aryl methyl sites for hydroxylation is 1. The van der Waals surface area contributed by atoms with Crippen LogP contribution in [0.1, 0.15) is 32.8 Å². The molecule has 0 radical (unpaired) electrons. The molecule has 0 aliphatic carbocycles. The first kappa shape index (κ1) is 26.5. The molecule has 1 atom stereocenters. The Morgan fingerprint density at radius 3 is 2.04 bits per heavy atom. The second kappa shape index (κ2) is 10.4. The van der Waals surface area contributed by atoms with E-state index in [9.17, 15) is 26.2 Å². The van der Waals surface area contributed by atoms with Gasteiger partial charge in [-0.15, -0.1) is 0 Å². The molecule has 0 heterocycles. The predicted octanol–water partition coefficient (Wildman–Crippen LogP) is 1.35. The Balaban J connectivity index is 0.000000567.